The molecule has 1 unspecified atom stereocenters. The predicted octanol–water partition coefficient (Wildman–Crippen LogP) is 1.29. The molecule has 0 spiro atoms. The Balaban J connectivity index is 1.90. The van der Waals surface area contributed by atoms with Crippen LogP contribution in [-0.4, -0.2) is 37.8 Å². The number of aliphatic hydroxyl groups excluding tert-OH is 1. The van der Waals surface area contributed by atoms with Crippen molar-refractivity contribution in [1.29, 1.82) is 0 Å². The third-order valence-corrected chi connectivity index (χ3v) is 6.05. The maximum absolute atomic E-state index is 12.7. The number of para-hydroxylation sites is 1. The second-order valence-corrected chi connectivity index (χ2v) is 7.98. The fourth-order valence-corrected chi connectivity index (χ4v) is 4.17. The third-order valence-electron chi connectivity index (χ3n) is 4.27. The van der Waals surface area contributed by atoms with Gasteiger partial charge in [0.2, 0.25) is 5.75 Å². The summed E-state index contributed by atoms with van der Waals surface area (Å²) in [5.74, 6) is 0.103. The number of halogens is 1. The van der Waals surface area contributed by atoms with E-state index in [2.05, 4.69) is 4.98 Å². The molecule has 2 heterocycles. The van der Waals surface area contributed by atoms with Crippen molar-refractivity contribution >= 4 is 19.6 Å². The zero-order valence-corrected chi connectivity index (χ0v) is 15.8. The van der Waals surface area contributed by atoms with Crippen LogP contribution in [0, 0.1) is 6.92 Å². The van der Waals surface area contributed by atoms with Gasteiger partial charge in [-0.2, -0.15) is 0 Å². The van der Waals surface area contributed by atoms with E-state index in [1.54, 1.807) is 12.1 Å². The summed E-state index contributed by atoms with van der Waals surface area (Å²) in [7, 11) is -2.79. The van der Waals surface area contributed by atoms with Crippen LogP contribution in [-0.2, 0) is 9.30 Å². The van der Waals surface area contributed by atoms with Gasteiger partial charge in [-0.05, 0) is 23.6 Å². The highest BCUT2D eigenvalue weighted by Gasteiger charge is 2.64. The van der Waals surface area contributed by atoms with Gasteiger partial charge in [0, 0.05) is 11.8 Å². The van der Waals surface area contributed by atoms with Crippen LogP contribution in [0.2, 0.25) is 5.02 Å². The van der Waals surface area contributed by atoms with Crippen LogP contribution >= 0.6 is 19.6 Å². The van der Waals surface area contributed by atoms with Crippen molar-refractivity contribution in [2.24, 2.45) is 0 Å². The summed E-state index contributed by atoms with van der Waals surface area (Å²) in [5, 5.41) is 18.6. The van der Waals surface area contributed by atoms with E-state index in [1.807, 2.05) is 0 Å². The first-order chi connectivity index (χ1) is 12.8. The maximum atomic E-state index is 12.7. The Labute approximate surface area is 159 Å². The minimum absolute atomic E-state index is 0.103. The number of hydrogen-bond donors (Lipinski definition) is 3. The van der Waals surface area contributed by atoms with Crippen molar-refractivity contribution in [3.05, 3.63) is 61.9 Å². The molecule has 0 saturated carbocycles. The topological polar surface area (TPSA) is 131 Å². The monoisotopic (exact) mass is 415 g/mol. The zero-order chi connectivity index (χ0) is 19.8. The number of H-pyrrole nitrogens is 1. The van der Waals surface area contributed by atoms with Gasteiger partial charge in [-0.15, -0.1) is 0 Å². The SMILES string of the molecule is Cc1cn([C@H]2C[C@@](O)([P+](=O)Oc3ccccc3Cl)[C@@H](CO)O2)c(=O)[nH]c1=O. The average Bonchev–Trinajstić information content (AvgIpc) is 2.98. The van der Waals surface area contributed by atoms with Gasteiger partial charge in [0.1, 0.15) is 6.23 Å². The molecule has 3 N–H and O–H groups in total. The smallest absolute Gasteiger partial charge is 0.393 e. The lowest BCUT2D eigenvalue weighted by Gasteiger charge is -2.15. The first kappa shape index (κ1) is 19.7. The highest BCUT2D eigenvalue weighted by Crippen LogP contribution is 2.52. The van der Waals surface area contributed by atoms with Crippen molar-refractivity contribution in [3.8, 4) is 5.75 Å². The molecule has 3 rings (SSSR count). The number of benzene rings is 1. The number of hydrogen-bond acceptors (Lipinski definition) is 7. The first-order valence-electron chi connectivity index (χ1n) is 7.97. The summed E-state index contributed by atoms with van der Waals surface area (Å²) in [4.78, 5) is 25.7. The number of nitrogens with one attached hydrogen (secondary N) is 1. The van der Waals surface area contributed by atoms with Crippen LogP contribution in [0.5, 0.6) is 5.75 Å². The number of ether oxygens (including phenoxy) is 1. The van der Waals surface area contributed by atoms with E-state index in [4.69, 9.17) is 20.9 Å². The van der Waals surface area contributed by atoms with Crippen LogP contribution < -0.4 is 15.8 Å². The van der Waals surface area contributed by atoms with Crippen LogP contribution in [0.1, 0.15) is 18.2 Å². The number of aromatic nitrogens is 2. The Morgan fingerprint density at radius 3 is 2.81 bits per heavy atom. The van der Waals surface area contributed by atoms with Gasteiger partial charge in [-0.3, -0.25) is 18.9 Å². The van der Waals surface area contributed by atoms with E-state index in [0.29, 0.717) is 0 Å². The van der Waals surface area contributed by atoms with Crippen molar-refractivity contribution < 1.29 is 24.0 Å². The highest BCUT2D eigenvalue weighted by atomic mass is 35.5. The summed E-state index contributed by atoms with van der Waals surface area (Å²) in [6.45, 7) is 0.845. The summed E-state index contributed by atoms with van der Waals surface area (Å²) >= 11 is 5.97. The Hall–Kier alpha value is -2.03. The molecule has 9 nitrogen and oxygen atoms in total. The third kappa shape index (κ3) is 3.69. The molecule has 0 bridgehead atoms. The van der Waals surface area contributed by atoms with Gasteiger partial charge in [-0.1, -0.05) is 23.7 Å². The van der Waals surface area contributed by atoms with Crippen molar-refractivity contribution in [2.45, 2.75) is 31.0 Å². The molecule has 0 amide bonds. The molecule has 1 aromatic carbocycles. The van der Waals surface area contributed by atoms with Crippen molar-refractivity contribution in [3.63, 3.8) is 0 Å². The van der Waals surface area contributed by atoms with Gasteiger partial charge in [0.05, 0.1) is 18.1 Å². The van der Waals surface area contributed by atoms with E-state index in [-0.39, 0.29) is 22.8 Å². The van der Waals surface area contributed by atoms with Gasteiger partial charge < -0.3 is 14.9 Å². The molecular formula is C16H17ClN2O7P+. The molecule has 1 aliphatic rings. The molecule has 4 atom stereocenters. The molecule has 0 radical (unpaired) electrons. The predicted molar refractivity (Wildman–Crippen MR) is 96.3 cm³/mol. The van der Waals surface area contributed by atoms with Crippen LogP contribution in [0.3, 0.4) is 0 Å². The van der Waals surface area contributed by atoms with Crippen LogP contribution in [0.4, 0.5) is 0 Å². The number of nitrogens with zero attached hydrogens (tertiary/aromatic N) is 1. The van der Waals surface area contributed by atoms with E-state index < -0.39 is 43.6 Å². The minimum Gasteiger partial charge on any atom is -0.393 e. The zero-order valence-electron chi connectivity index (χ0n) is 14.2. The molecule has 1 aliphatic heterocycles. The largest absolute Gasteiger partial charge is 0.595 e. The quantitative estimate of drug-likeness (QED) is 0.627. The first-order valence-corrected chi connectivity index (χ1v) is 9.52. The fourth-order valence-electron chi connectivity index (χ4n) is 2.77. The molecule has 0 aliphatic carbocycles. The van der Waals surface area contributed by atoms with E-state index in [0.717, 1.165) is 4.57 Å². The molecule has 1 aromatic heterocycles. The van der Waals surface area contributed by atoms with Crippen LogP contribution in [0.25, 0.3) is 0 Å². The van der Waals surface area contributed by atoms with E-state index in [9.17, 15) is 24.4 Å². The second kappa shape index (κ2) is 7.53. The molecule has 1 fully saturated rings. The lowest BCUT2D eigenvalue weighted by Crippen LogP contribution is -2.38. The summed E-state index contributed by atoms with van der Waals surface area (Å²) in [5.41, 5.74) is -1.04. The molecule has 1 saturated heterocycles. The summed E-state index contributed by atoms with van der Waals surface area (Å²) in [6, 6.07) is 6.29. The number of rotatable bonds is 5. The van der Waals surface area contributed by atoms with Crippen LogP contribution in [0.15, 0.2) is 40.1 Å². The standard InChI is InChI=1S/C16H16ClN2O7P/c1-9-7-19(15(22)18-14(9)21)13-6-16(23,12(8-20)25-13)27(24)26-11-5-3-2-4-10(11)17/h2-5,7,12-13,20,23H,6,8H2,1H3/p+1/t12-,13-,16-/m1/s1. The van der Waals surface area contributed by atoms with Gasteiger partial charge >= 0.3 is 19.1 Å². The Bertz CT molecular complexity index is 991. The summed E-state index contributed by atoms with van der Waals surface area (Å²) < 4.78 is 24.6. The number of aryl methyl sites for hydroxylation is 1. The number of aromatic amines is 1. The lowest BCUT2D eigenvalue weighted by atomic mass is 10.2. The van der Waals surface area contributed by atoms with Crippen molar-refractivity contribution in [2.75, 3.05) is 6.61 Å². The highest BCUT2D eigenvalue weighted by molar-refractivity contribution is 7.41. The Morgan fingerprint density at radius 2 is 2.15 bits per heavy atom. The maximum Gasteiger partial charge on any atom is 0.595 e. The van der Waals surface area contributed by atoms with E-state index >= 15 is 0 Å². The molecular weight excluding hydrogens is 399 g/mol. The minimum atomic E-state index is -2.79. The molecule has 27 heavy (non-hydrogen) atoms. The number of aliphatic hydroxyl groups is 2. The van der Waals surface area contributed by atoms with E-state index in [1.165, 1.54) is 25.3 Å². The Kier molecular flexibility index (Phi) is 5.50. The normalized spacial score (nSPS) is 25.4. The fraction of sp³-hybridized carbons (Fsp3) is 0.375. The second-order valence-electron chi connectivity index (χ2n) is 6.10. The van der Waals surface area contributed by atoms with Gasteiger partial charge in [-0.25, -0.2) is 4.79 Å². The molecule has 2 aromatic rings. The molecule has 144 valence electrons. The van der Waals surface area contributed by atoms with Gasteiger partial charge in [0.15, 0.2) is 6.10 Å². The van der Waals surface area contributed by atoms with Crippen molar-refractivity contribution in [1.82, 2.24) is 9.55 Å². The summed E-state index contributed by atoms with van der Waals surface area (Å²) in [6.07, 6.45) is -1.35. The average molecular weight is 416 g/mol. The Morgan fingerprint density at radius 1 is 1.44 bits per heavy atom. The molecule has 11 heteroatoms. The lowest BCUT2D eigenvalue weighted by molar-refractivity contribution is -0.0571. The van der Waals surface area contributed by atoms with Gasteiger partial charge in [0.25, 0.3) is 5.56 Å².